The molecule has 56 valence electrons. The van der Waals surface area contributed by atoms with Crippen LogP contribution in [0, 0.1) is 0 Å². The highest BCUT2D eigenvalue weighted by molar-refractivity contribution is 5.74. The molecule has 0 amide bonds. The van der Waals surface area contributed by atoms with Crippen LogP contribution in [-0.2, 0) is 0 Å². The van der Waals surface area contributed by atoms with Gasteiger partial charge in [-0.05, 0) is 36.5 Å². The summed E-state index contributed by atoms with van der Waals surface area (Å²) >= 11 is 0. The second kappa shape index (κ2) is 2.50. The van der Waals surface area contributed by atoms with Crippen molar-refractivity contribution in [3.8, 4) is 0 Å². The normalized spacial score (nSPS) is 16.4. The van der Waals surface area contributed by atoms with E-state index < -0.39 is 0 Å². The molecule has 0 bridgehead atoms. The lowest BCUT2D eigenvalue weighted by Gasteiger charge is -1.96. The van der Waals surface area contributed by atoms with Gasteiger partial charge in [0.2, 0.25) is 0 Å². The van der Waals surface area contributed by atoms with Crippen molar-refractivity contribution in [2.24, 2.45) is 0 Å². The van der Waals surface area contributed by atoms with Crippen LogP contribution in [0.5, 0.6) is 0 Å². The summed E-state index contributed by atoms with van der Waals surface area (Å²) in [6, 6.07) is 8.47. The lowest BCUT2D eigenvalue weighted by Crippen LogP contribution is -2.29. The van der Waals surface area contributed by atoms with Crippen LogP contribution in [0.4, 0.5) is 0 Å². The minimum Gasteiger partial charge on any atom is -0.260 e. The molecule has 0 heterocycles. The lowest BCUT2D eigenvalue weighted by molar-refractivity contribution is -0.104. The Hall–Kier alpha value is -1.11. The fourth-order valence-corrected chi connectivity index (χ4v) is 1.33. The zero-order valence-electron chi connectivity index (χ0n) is 6.46. The molecular formula is C10H12N+. The third-order valence-corrected chi connectivity index (χ3v) is 2.15. The third-order valence-electron chi connectivity index (χ3n) is 2.15. The lowest BCUT2D eigenvalue weighted by atomic mass is 10.1. The van der Waals surface area contributed by atoms with E-state index in [1.807, 2.05) is 6.07 Å². The van der Waals surface area contributed by atoms with E-state index in [2.05, 4.69) is 18.2 Å². The van der Waals surface area contributed by atoms with Gasteiger partial charge in [-0.25, -0.2) is 0 Å². The predicted molar refractivity (Wildman–Crippen MR) is 45.5 cm³/mol. The van der Waals surface area contributed by atoms with Crippen LogP contribution < -0.4 is 5.41 Å². The molecule has 0 aromatic heterocycles. The Balaban J connectivity index is 2.33. The molecule has 2 rings (SSSR count). The number of hydrogen-bond donors (Lipinski definition) is 1. The van der Waals surface area contributed by atoms with Crippen LogP contribution >= 0.6 is 0 Å². The first-order valence-electron chi connectivity index (χ1n) is 4.05. The molecule has 0 atom stereocenters. The second-order valence-corrected chi connectivity index (χ2v) is 3.11. The Morgan fingerprint density at radius 3 is 2.82 bits per heavy atom. The Labute approximate surface area is 66.6 Å². The van der Waals surface area contributed by atoms with Crippen molar-refractivity contribution < 1.29 is 5.41 Å². The van der Waals surface area contributed by atoms with Gasteiger partial charge in [0.1, 0.15) is 0 Å². The zero-order valence-corrected chi connectivity index (χ0v) is 6.46. The van der Waals surface area contributed by atoms with Crippen LogP contribution in [0.3, 0.4) is 0 Å². The van der Waals surface area contributed by atoms with E-state index in [4.69, 9.17) is 5.41 Å². The first-order valence-corrected chi connectivity index (χ1v) is 4.05. The summed E-state index contributed by atoms with van der Waals surface area (Å²) < 4.78 is 0. The molecule has 0 radical (unpaired) electrons. The summed E-state index contributed by atoms with van der Waals surface area (Å²) in [5.41, 5.74) is 2.58. The Bertz CT molecular complexity index is 274. The molecule has 1 aromatic carbocycles. The monoisotopic (exact) mass is 146 g/mol. The molecule has 1 aliphatic carbocycles. The topological polar surface area (TPSA) is 25.6 Å². The molecule has 1 aromatic rings. The maximum absolute atomic E-state index is 5.41. The first-order chi connectivity index (χ1) is 5.40. The first kappa shape index (κ1) is 6.59. The molecule has 0 spiro atoms. The van der Waals surface area contributed by atoms with Crippen LogP contribution in [0.2, 0.25) is 0 Å². The van der Waals surface area contributed by atoms with Crippen molar-refractivity contribution in [1.82, 2.24) is 0 Å². The summed E-state index contributed by atoms with van der Waals surface area (Å²) in [5, 5.41) is 5.41. The maximum atomic E-state index is 5.41. The number of nitrogens with two attached hydrogens (primary N) is 1. The molecule has 1 aliphatic rings. The van der Waals surface area contributed by atoms with Crippen molar-refractivity contribution in [3.05, 3.63) is 35.4 Å². The van der Waals surface area contributed by atoms with E-state index in [-0.39, 0.29) is 0 Å². The van der Waals surface area contributed by atoms with Gasteiger partial charge in [-0.15, -0.1) is 0 Å². The summed E-state index contributed by atoms with van der Waals surface area (Å²) in [6.07, 6.45) is 4.37. The van der Waals surface area contributed by atoms with Crippen LogP contribution in [0.25, 0.3) is 0 Å². The van der Waals surface area contributed by atoms with Crippen molar-refractivity contribution in [2.45, 2.75) is 18.8 Å². The second-order valence-electron chi connectivity index (χ2n) is 3.11. The average molecular weight is 146 g/mol. The van der Waals surface area contributed by atoms with E-state index >= 15 is 0 Å². The highest BCUT2D eigenvalue weighted by Crippen LogP contribution is 2.39. The molecule has 11 heavy (non-hydrogen) atoms. The van der Waals surface area contributed by atoms with E-state index in [0.717, 1.165) is 11.5 Å². The van der Waals surface area contributed by atoms with Gasteiger partial charge in [-0.2, -0.15) is 0 Å². The van der Waals surface area contributed by atoms with E-state index in [1.165, 1.54) is 18.4 Å². The molecule has 1 nitrogen and oxygen atoms in total. The Morgan fingerprint density at radius 1 is 1.36 bits per heavy atom. The zero-order chi connectivity index (χ0) is 7.68. The number of benzene rings is 1. The Morgan fingerprint density at radius 2 is 2.18 bits per heavy atom. The average Bonchev–Trinajstić information content (AvgIpc) is 2.87. The molecule has 0 aliphatic heterocycles. The van der Waals surface area contributed by atoms with Gasteiger partial charge in [-0.3, -0.25) is 5.41 Å². The van der Waals surface area contributed by atoms with Gasteiger partial charge in [0.05, 0.1) is 0 Å². The minimum absolute atomic E-state index is 0.829. The van der Waals surface area contributed by atoms with Gasteiger partial charge in [-0.1, -0.05) is 12.1 Å². The Kier molecular flexibility index (Phi) is 1.50. The fraction of sp³-hybridized carbons (Fsp3) is 0.300. The highest BCUT2D eigenvalue weighted by atomic mass is 14.3. The van der Waals surface area contributed by atoms with Crippen molar-refractivity contribution in [2.75, 3.05) is 0 Å². The molecule has 1 saturated carbocycles. The molecule has 1 fully saturated rings. The SMILES string of the molecule is [NH2+]=Cc1cccc(C2CC2)c1. The van der Waals surface area contributed by atoms with E-state index in [0.29, 0.717) is 0 Å². The predicted octanol–water partition coefficient (Wildman–Crippen LogP) is 0.742. The number of rotatable bonds is 2. The largest absolute Gasteiger partial charge is 0.260 e. The molecule has 0 unspecified atom stereocenters. The summed E-state index contributed by atoms with van der Waals surface area (Å²) in [7, 11) is 0. The molecule has 0 saturated heterocycles. The summed E-state index contributed by atoms with van der Waals surface area (Å²) in [4.78, 5) is 0. The summed E-state index contributed by atoms with van der Waals surface area (Å²) in [5.74, 6) is 0.829. The van der Waals surface area contributed by atoms with Crippen molar-refractivity contribution >= 4 is 6.21 Å². The summed E-state index contributed by atoms with van der Waals surface area (Å²) in [6.45, 7) is 0. The van der Waals surface area contributed by atoms with Gasteiger partial charge >= 0.3 is 0 Å². The van der Waals surface area contributed by atoms with E-state index in [1.54, 1.807) is 6.21 Å². The van der Waals surface area contributed by atoms with Crippen LogP contribution in [0.1, 0.15) is 29.9 Å². The van der Waals surface area contributed by atoms with Crippen LogP contribution in [-0.4, -0.2) is 6.21 Å². The van der Waals surface area contributed by atoms with Gasteiger partial charge < -0.3 is 0 Å². The standard InChI is InChI=1S/C10H11N/c11-7-8-2-1-3-10(6-8)9-4-5-9/h1-3,6-7,9,11H,4-5H2/p+1. The van der Waals surface area contributed by atoms with Crippen molar-refractivity contribution in [1.29, 1.82) is 0 Å². The fourth-order valence-electron chi connectivity index (χ4n) is 1.33. The number of hydrogen-bond acceptors (Lipinski definition) is 0. The molecule has 1 heteroatoms. The smallest absolute Gasteiger partial charge is 0.167 e. The quantitative estimate of drug-likeness (QED) is 0.596. The van der Waals surface area contributed by atoms with Gasteiger partial charge in [0.15, 0.2) is 6.21 Å². The van der Waals surface area contributed by atoms with E-state index in [9.17, 15) is 0 Å². The van der Waals surface area contributed by atoms with Gasteiger partial charge in [0.25, 0.3) is 0 Å². The molecular weight excluding hydrogens is 134 g/mol. The third kappa shape index (κ3) is 1.32. The highest BCUT2D eigenvalue weighted by Gasteiger charge is 2.23. The van der Waals surface area contributed by atoms with Crippen LogP contribution in [0.15, 0.2) is 24.3 Å². The van der Waals surface area contributed by atoms with Gasteiger partial charge in [0, 0.05) is 5.56 Å². The minimum atomic E-state index is 0.829. The molecule has 2 N–H and O–H groups in total. The maximum Gasteiger partial charge on any atom is 0.167 e. The van der Waals surface area contributed by atoms with Crippen molar-refractivity contribution in [3.63, 3.8) is 0 Å².